The molecule has 4 unspecified atom stereocenters. The summed E-state index contributed by atoms with van der Waals surface area (Å²) < 4.78 is 26.1. The highest BCUT2D eigenvalue weighted by Gasteiger charge is 2.34. The van der Waals surface area contributed by atoms with E-state index >= 15 is 0 Å². The van der Waals surface area contributed by atoms with Gasteiger partial charge in [0.2, 0.25) is 0 Å². The first-order valence-electron chi connectivity index (χ1n) is 16.6. The average molecular weight is 637 g/mol. The molecular formula is C39H42O4P2. The molecule has 0 bridgehead atoms. The van der Waals surface area contributed by atoms with Gasteiger partial charge in [-0.15, -0.1) is 0 Å². The Hall–Kier alpha value is -3.06. The minimum atomic E-state index is -0.690. The average Bonchev–Trinajstić information content (AvgIpc) is 3.79. The molecular weight excluding hydrogens is 594 g/mol. The van der Waals surface area contributed by atoms with Gasteiger partial charge in [-0.25, -0.2) is 0 Å². The van der Waals surface area contributed by atoms with E-state index < -0.39 is 15.8 Å². The van der Waals surface area contributed by atoms with Crippen LogP contribution in [0.4, 0.5) is 0 Å². The van der Waals surface area contributed by atoms with Gasteiger partial charge in [-0.2, -0.15) is 0 Å². The van der Waals surface area contributed by atoms with Crippen molar-refractivity contribution in [2.24, 2.45) is 0 Å². The van der Waals surface area contributed by atoms with Gasteiger partial charge in [0.25, 0.3) is 0 Å². The van der Waals surface area contributed by atoms with Crippen LogP contribution in [-0.4, -0.2) is 36.7 Å². The van der Waals surface area contributed by atoms with E-state index in [1.807, 2.05) is 0 Å². The molecule has 0 spiro atoms. The molecule has 0 saturated heterocycles. The van der Waals surface area contributed by atoms with Crippen molar-refractivity contribution in [1.29, 1.82) is 0 Å². The minimum absolute atomic E-state index is 0.216. The van der Waals surface area contributed by atoms with Gasteiger partial charge in [-0.3, -0.25) is 0 Å². The van der Waals surface area contributed by atoms with E-state index in [4.69, 9.17) is 18.9 Å². The Bertz CT molecular complexity index is 1500. The highest BCUT2D eigenvalue weighted by molar-refractivity contribution is 7.74. The maximum absolute atomic E-state index is 6.51. The van der Waals surface area contributed by atoms with E-state index in [1.54, 1.807) is 0 Å². The van der Waals surface area contributed by atoms with Crippen molar-refractivity contribution < 1.29 is 18.9 Å². The Morgan fingerprint density at radius 1 is 0.444 bits per heavy atom. The first-order valence-corrected chi connectivity index (χ1v) is 19.7. The van der Waals surface area contributed by atoms with Crippen molar-refractivity contribution in [2.45, 2.75) is 84.2 Å². The molecule has 4 nitrogen and oxygen atoms in total. The second-order valence-electron chi connectivity index (χ2n) is 13.2. The van der Waals surface area contributed by atoms with Crippen LogP contribution >= 0.6 is 15.8 Å². The number of rotatable bonds is 8. The third-order valence-corrected chi connectivity index (χ3v) is 14.8. The Kier molecular flexibility index (Phi) is 7.79. The fraction of sp³-hybridized carbons (Fsp3) is 0.385. The summed E-state index contributed by atoms with van der Waals surface area (Å²) in [4.78, 5) is 0. The van der Waals surface area contributed by atoms with E-state index in [1.165, 1.54) is 43.5 Å². The van der Waals surface area contributed by atoms with Crippen LogP contribution in [0.2, 0.25) is 0 Å². The van der Waals surface area contributed by atoms with Crippen molar-refractivity contribution in [1.82, 2.24) is 0 Å². The summed E-state index contributed by atoms with van der Waals surface area (Å²) in [5, 5.41) is 5.46. The highest BCUT2D eigenvalue weighted by Crippen LogP contribution is 2.49. The van der Waals surface area contributed by atoms with Gasteiger partial charge < -0.3 is 18.9 Å². The normalized spacial score (nSPS) is 23.6. The van der Waals surface area contributed by atoms with E-state index in [0.717, 1.165) is 67.4 Å². The summed E-state index contributed by atoms with van der Waals surface area (Å²) >= 11 is 0. The first-order chi connectivity index (χ1) is 21.9. The smallest absolute Gasteiger partial charge is 0.131 e. The Labute approximate surface area is 270 Å². The maximum atomic E-state index is 6.51. The number of hydrogen-bond acceptors (Lipinski definition) is 4. The molecule has 0 aliphatic carbocycles. The minimum Gasteiger partial charge on any atom is -0.489 e. The summed E-state index contributed by atoms with van der Waals surface area (Å²) in [6.07, 6.45) is 8.03. The summed E-state index contributed by atoms with van der Waals surface area (Å²) in [6, 6.07) is 27.2. The van der Waals surface area contributed by atoms with Crippen molar-refractivity contribution in [3.05, 3.63) is 95.1 Å². The van der Waals surface area contributed by atoms with Crippen molar-refractivity contribution in [3.63, 3.8) is 0 Å². The van der Waals surface area contributed by atoms with Gasteiger partial charge in [-0.05, 0) is 84.5 Å². The monoisotopic (exact) mass is 636 g/mol. The molecule has 0 aromatic heterocycles. The Balaban J connectivity index is 1.17. The lowest BCUT2D eigenvalue weighted by Crippen LogP contribution is -2.21. The molecule has 4 atom stereocenters. The van der Waals surface area contributed by atoms with Gasteiger partial charge in [-0.1, -0.05) is 72.8 Å². The van der Waals surface area contributed by atoms with E-state index in [0.29, 0.717) is 0 Å². The fourth-order valence-corrected chi connectivity index (χ4v) is 13.2. The molecule has 0 saturated carbocycles. The molecule has 0 radical (unpaired) electrons. The number of para-hydroxylation sites is 4. The van der Waals surface area contributed by atoms with Crippen molar-refractivity contribution in [3.8, 4) is 23.0 Å². The van der Waals surface area contributed by atoms with Crippen LogP contribution in [0.25, 0.3) is 0 Å². The maximum Gasteiger partial charge on any atom is 0.131 e. The quantitative estimate of drug-likeness (QED) is 0.197. The predicted octanol–water partition coefficient (Wildman–Crippen LogP) is 6.94. The van der Waals surface area contributed by atoms with Gasteiger partial charge in [0.1, 0.15) is 47.4 Å². The van der Waals surface area contributed by atoms with Crippen LogP contribution in [0, 0.1) is 0 Å². The molecule has 4 aromatic carbocycles. The molecule has 232 valence electrons. The predicted molar refractivity (Wildman–Crippen MR) is 188 cm³/mol. The standard InChI is InChI=1S/C39H42O4P2/c1-24-20-28-10-5-14-32(36(28)40-24)44(33-15-6-11-29-21-25(2)41-37(29)33)18-9-19-45(34-16-7-12-30-22-26(3)42-38(30)34)35-17-8-13-31-23-27(4)43-39(31)35/h5-8,10-17,24-27H,9,18-23H2,1-4H3. The largest absolute Gasteiger partial charge is 0.489 e. The Morgan fingerprint density at radius 2 is 0.711 bits per heavy atom. The Morgan fingerprint density at radius 3 is 0.978 bits per heavy atom. The third kappa shape index (κ3) is 5.43. The topological polar surface area (TPSA) is 36.9 Å². The molecule has 4 aliphatic heterocycles. The van der Waals surface area contributed by atoms with E-state index in [9.17, 15) is 0 Å². The summed E-state index contributed by atoms with van der Waals surface area (Å²) in [6.45, 7) is 8.75. The molecule has 4 heterocycles. The van der Waals surface area contributed by atoms with Gasteiger partial charge in [0.15, 0.2) is 0 Å². The molecule has 0 fully saturated rings. The van der Waals surface area contributed by atoms with Crippen LogP contribution in [0.15, 0.2) is 72.8 Å². The second-order valence-corrected chi connectivity index (χ2v) is 17.8. The molecule has 45 heavy (non-hydrogen) atoms. The SMILES string of the molecule is CC1Cc2cccc(P(CCCP(c3cccc4c3OC(C)C4)c3cccc4c3OC(C)C4)c3cccc4c3OC(C)C4)c2O1. The highest BCUT2D eigenvalue weighted by atomic mass is 31.1. The second kappa shape index (κ2) is 11.9. The number of fused-ring (bicyclic) bond motifs is 4. The van der Waals surface area contributed by atoms with Gasteiger partial charge in [0, 0.05) is 46.9 Å². The van der Waals surface area contributed by atoms with Crippen LogP contribution in [0.1, 0.15) is 56.4 Å². The number of benzene rings is 4. The summed E-state index contributed by atoms with van der Waals surface area (Å²) in [5.74, 6) is 4.48. The van der Waals surface area contributed by atoms with E-state index in [-0.39, 0.29) is 24.4 Å². The molecule has 8 rings (SSSR count). The molecule has 4 aromatic rings. The fourth-order valence-electron chi connectivity index (χ4n) is 7.66. The lowest BCUT2D eigenvalue weighted by Gasteiger charge is -2.26. The lowest BCUT2D eigenvalue weighted by atomic mass is 10.1. The lowest BCUT2D eigenvalue weighted by molar-refractivity contribution is 0.255. The van der Waals surface area contributed by atoms with Crippen LogP contribution in [-0.2, 0) is 25.7 Å². The summed E-state index contributed by atoms with van der Waals surface area (Å²) in [7, 11) is -1.38. The molecule has 0 amide bonds. The van der Waals surface area contributed by atoms with Crippen LogP contribution in [0.3, 0.4) is 0 Å². The van der Waals surface area contributed by atoms with Crippen molar-refractivity contribution >= 4 is 37.1 Å². The van der Waals surface area contributed by atoms with Crippen LogP contribution in [0.5, 0.6) is 23.0 Å². The molecule has 6 heteroatoms. The zero-order valence-electron chi connectivity index (χ0n) is 26.7. The molecule has 0 N–H and O–H groups in total. The number of hydrogen-bond donors (Lipinski definition) is 0. The zero-order chi connectivity index (χ0) is 30.7. The van der Waals surface area contributed by atoms with Gasteiger partial charge in [0.05, 0.1) is 0 Å². The van der Waals surface area contributed by atoms with Crippen LogP contribution < -0.4 is 40.2 Å². The summed E-state index contributed by atoms with van der Waals surface area (Å²) in [5.41, 5.74) is 5.37. The number of ether oxygens (including phenoxy) is 4. The van der Waals surface area contributed by atoms with Gasteiger partial charge >= 0.3 is 0 Å². The third-order valence-electron chi connectivity index (χ3n) is 9.54. The molecule has 4 aliphatic rings. The van der Waals surface area contributed by atoms with E-state index in [2.05, 4.69) is 100 Å². The van der Waals surface area contributed by atoms with Crippen molar-refractivity contribution in [2.75, 3.05) is 12.3 Å². The first kappa shape index (κ1) is 29.3. The zero-order valence-corrected chi connectivity index (χ0v) is 28.5.